The minimum Gasteiger partial charge on any atom is -0.480 e. The molecule has 6 nitrogen and oxygen atoms in total. The van der Waals surface area contributed by atoms with Gasteiger partial charge in [0, 0.05) is 6.42 Å². The number of benzene rings is 1. The van der Waals surface area contributed by atoms with Gasteiger partial charge in [-0.05, 0) is 37.3 Å². The number of likely N-dealkylation sites (tertiary alicyclic amines) is 1. The summed E-state index contributed by atoms with van der Waals surface area (Å²) in [6.07, 6.45) is -0.689. The molecular formula is C21H31NO5. The second kappa shape index (κ2) is 7.89. The maximum absolute atomic E-state index is 12.3. The first-order chi connectivity index (χ1) is 12.4. The van der Waals surface area contributed by atoms with Gasteiger partial charge in [-0.2, -0.15) is 0 Å². The summed E-state index contributed by atoms with van der Waals surface area (Å²) in [6.45, 7) is 12.3. The molecular weight excluding hydrogens is 346 g/mol. The van der Waals surface area contributed by atoms with E-state index < -0.39 is 23.7 Å². The van der Waals surface area contributed by atoms with Crippen molar-refractivity contribution in [2.24, 2.45) is 0 Å². The quantitative estimate of drug-likeness (QED) is 0.859. The Bertz CT molecular complexity index is 669. The zero-order chi connectivity index (χ0) is 20.4. The first kappa shape index (κ1) is 21.2. The summed E-state index contributed by atoms with van der Waals surface area (Å²) in [5.74, 6) is -1.04. The number of carbonyl (C=O) groups excluding carboxylic acids is 1. The summed E-state index contributed by atoms with van der Waals surface area (Å²) in [5, 5.41) is 9.44. The molecule has 0 saturated carbocycles. The van der Waals surface area contributed by atoms with Gasteiger partial charge in [0.1, 0.15) is 11.6 Å². The normalized spacial score (nSPS) is 20.6. The van der Waals surface area contributed by atoms with E-state index in [0.717, 1.165) is 5.56 Å². The van der Waals surface area contributed by atoms with Gasteiger partial charge in [-0.25, -0.2) is 9.59 Å². The Hall–Kier alpha value is -2.08. The van der Waals surface area contributed by atoms with Crippen LogP contribution < -0.4 is 0 Å². The van der Waals surface area contributed by atoms with Crippen LogP contribution >= 0.6 is 0 Å². The maximum Gasteiger partial charge on any atom is 0.411 e. The Kier molecular flexibility index (Phi) is 6.20. The third-order valence-electron chi connectivity index (χ3n) is 4.48. The standard InChI is InChI=1S/C21H31NO5/c1-20(2,3)15-9-7-14(8-10-15)13-26-16-11-17(18(23)24)22(12-16)19(25)27-21(4,5)6/h7-10,16-17H,11-13H2,1-6H3,(H,23,24)/t16-,17+/m1/s1. The number of carboxylic acid groups (broad SMARTS) is 1. The van der Waals surface area contributed by atoms with E-state index in [0.29, 0.717) is 6.61 Å². The van der Waals surface area contributed by atoms with Gasteiger partial charge in [0.25, 0.3) is 0 Å². The van der Waals surface area contributed by atoms with Gasteiger partial charge in [-0.15, -0.1) is 0 Å². The van der Waals surface area contributed by atoms with Crippen LogP contribution in [0.3, 0.4) is 0 Å². The molecule has 2 rings (SSSR count). The summed E-state index contributed by atoms with van der Waals surface area (Å²) >= 11 is 0. The lowest BCUT2D eigenvalue weighted by Crippen LogP contribution is -2.43. The van der Waals surface area contributed by atoms with Crippen molar-refractivity contribution in [2.75, 3.05) is 6.54 Å². The molecule has 27 heavy (non-hydrogen) atoms. The first-order valence-corrected chi connectivity index (χ1v) is 9.30. The van der Waals surface area contributed by atoms with Crippen LogP contribution in [0.2, 0.25) is 0 Å². The van der Waals surface area contributed by atoms with Gasteiger partial charge >= 0.3 is 12.1 Å². The van der Waals surface area contributed by atoms with E-state index in [1.54, 1.807) is 20.8 Å². The van der Waals surface area contributed by atoms with E-state index in [1.807, 2.05) is 12.1 Å². The molecule has 0 unspecified atom stereocenters. The van der Waals surface area contributed by atoms with Gasteiger partial charge in [-0.1, -0.05) is 45.0 Å². The molecule has 0 aromatic heterocycles. The molecule has 0 spiro atoms. The number of hydrogen-bond acceptors (Lipinski definition) is 4. The topological polar surface area (TPSA) is 76.1 Å². The predicted octanol–water partition coefficient (Wildman–Crippen LogP) is 3.96. The van der Waals surface area contributed by atoms with Crippen molar-refractivity contribution in [1.82, 2.24) is 4.90 Å². The second-order valence-electron chi connectivity index (χ2n) is 9.10. The Morgan fingerprint density at radius 1 is 1.11 bits per heavy atom. The fraction of sp³-hybridized carbons (Fsp3) is 0.619. The highest BCUT2D eigenvalue weighted by Crippen LogP contribution is 2.25. The molecule has 1 aromatic rings. The summed E-state index contributed by atoms with van der Waals surface area (Å²) < 4.78 is 11.2. The van der Waals surface area contributed by atoms with Crippen LogP contribution in [0.5, 0.6) is 0 Å². The number of rotatable bonds is 4. The average Bonchev–Trinajstić information content (AvgIpc) is 2.95. The van der Waals surface area contributed by atoms with Gasteiger partial charge in [0.2, 0.25) is 0 Å². The molecule has 1 N–H and O–H groups in total. The van der Waals surface area contributed by atoms with E-state index in [4.69, 9.17) is 9.47 Å². The van der Waals surface area contributed by atoms with Crippen LogP contribution in [0.15, 0.2) is 24.3 Å². The summed E-state index contributed by atoms with van der Waals surface area (Å²) in [4.78, 5) is 25.1. The number of hydrogen-bond donors (Lipinski definition) is 1. The molecule has 0 radical (unpaired) electrons. The van der Waals surface area contributed by atoms with Crippen molar-refractivity contribution in [2.45, 2.75) is 77.7 Å². The van der Waals surface area contributed by atoms with E-state index in [9.17, 15) is 14.7 Å². The fourth-order valence-electron chi connectivity index (χ4n) is 2.99. The minimum absolute atomic E-state index is 0.0907. The predicted molar refractivity (Wildman–Crippen MR) is 103 cm³/mol. The van der Waals surface area contributed by atoms with E-state index >= 15 is 0 Å². The zero-order valence-electron chi connectivity index (χ0n) is 17.1. The lowest BCUT2D eigenvalue weighted by Gasteiger charge is -2.26. The molecule has 2 atom stereocenters. The van der Waals surface area contributed by atoms with Crippen LogP contribution in [0.1, 0.15) is 59.1 Å². The SMILES string of the molecule is CC(C)(C)OC(=O)N1C[C@H](OCc2ccc(C(C)(C)C)cc2)C[C@H]1C(=O)O. The van der Waals surface area contributed by atoms with Crippen molar-refractivity contribution in [3.8, 4) is 0 Å². The largest absolute Gasteiger partial charge is 0.480 e. The molecule has 1 heterocycles. The smallest absolute Gasteiger partial charge is 0.411 e. The molecule has 1 fully saturated rings. The Labute approximate surface area is 161 Å². The molecule has 1 amide bonds. The number of ether oxygens (including phenoxy) is 2. The van der Waals surface area contributed by atoms with Gasteiger partial charge in [0.15, 0.2) is 0 Å². The van der Waals surface area contributed by atoms with Crippen molar-refractivity contribution < 1.29 is 24.2 Å². The van der Waals surface area contributed by atoms with Crippen LogP contribution in [-0.2, 0) is 26.3 Å². The third-order valence-corrected chi connectivity index (χ3v) is 4.48. The maximum atomic E-state index is 12.3. The molecule has 1 saturated heterocycles. The third kappa shape index (κ3) is 5.96. The highest BCUT2D eigenvalue weighted by atomic mass is 16.6. The number of nitrogens with zero attached hydrogens (tertiary/aromatic N) is 1. The van der Waals surface area contributed by atoms with Crippen molar-refractivity contribution >= 4 is 12.1 Å². The van der Waals surface area contributed by atoms with Crippen LogP contribution in [0.4, 0.5) is 4.79 Å². The fourth-order valence-corrected chi connectivity index (χ4v) is 2.99. The van der Waals surface area contributed by atoms with E-state index in [1.165, 1.54) is 10.5 Å². The number of carbonyl (C=O) groups is 2. The molecule has 1 aromatic carbocycles. The lowest BCUT2D eigenvalue weighted by molar-refractivity contribution is -0.142. The number of carboxylic acids is 1. The average molecular weight is 377 g/mol. The first-order valence-electron chi connectivity index (χ1n) is 9.30. The Morgan fingerprint density at radius 3 is 2.19 bits per heavy atom. The van der Waals surface area contributed by atoms with Crippen molar-refractivity contribution in [3.63, 3.8) is 0 Å². The molecule has 1 aliphatic heterocycles. The van der Waals surface area contributed by atoms with Crippen LogP contribution in [0.25, 0.3) is 0 Å². The lowest BCUT2D eigenvalue weighted by atomic mass is 9.87. The number of amides is 1. The summed E-state index contributed by atoms with van der Waals surface area (Å²) in [6, 6.07) is 7.29. The second-order valence-corrected chi connectivity index (χ2v) is 9.10. The molecule has 0 bridgehead atoms. The molecule has 1 aliphatic rings. The zero-order valence-corrected chi connectivity index (χ0v) is 17.1. The van der Waals surface area contributed by atoms with Crippen LogP contribution in [-0.4, -0.2) is 46.4 Å². The van der Waals surface area contributed by atoms with Gasteiger partial charge < -0.3 is 14.6 Å². The van der Waals surface area contributed by atoms with Crippen molar-refractivity contribution in [1.29, 1.82) is 0 Å². The monoisotopic (exact) mass is 377 g/mol. The van der Waals surface area contributed by atoms with Gasteiger partial charge in [0.05, 0.1) is 19.3 Å². The molecule has 6 heteroatoms. The summed E-state index contributed by atoms with van der Waals surface area (Å²) in [5.41, 5.74) is 1.68. The molecule has 0 aliphatic carbocycles. The van der Waals surface area contributed by atoms with E-state index in [2.05, 4.69) is 32.9 Å². The Balaban J connectivity index is 1.97. The minimum atomic E-state index is -1.04. The van der Waals surface area contributed by atoms with E-state index in [-0.39, 0.29) is 24.5 Å². The van der Waals surface area contributed by atoms with Crippen LogP contribution in [0, 0.1) is 0 Å². The molecule has 150 valence electrons. The highest BCUT2D eigenvalue weighted by Gasteiger charge is 2.42. The van der Waals surface area contributed by atoms with Gasteiger partial charge in [-0.3, -0.25) is 4.90 Å². The Morgan fingerprint density at radius 2 is 1.70 bits per heavy atom. The van der Waals surface area contributed by atoms with Crippen molar-refractivity contribution in [3.05, 3.63) is 35.4 Å². The number of aliphatic carboxylic acids is 1. The highest BCUT2D eigenvalue weighted by molar-refractivity contribution is 5.81. The summed E-state index contributed by atoms with van der Waals surface area (Å²) in [7, 11) is 0.